The Morgan fingerprint density at radius 2 is 1.10 bits per heavy atom. The third-order valence-corrected chi connectivity index (χ3v) is 12.9. The molecule has 60 heavy (non-hydrogen) atoms. The maximum atomic E-state index is 7.40. The maximum absolute atomic E-state index is 7.40. The van der Waals surface area contributed by atoms with Crippen molar-refractivity contribution in [1.82, 2.24) is 9.97 Å². The largest absolute Gasteiger partial charge is 2.00 e. The number of hydrogen-bond donors (Lipinski definition) is 0. The summed E-state index contributed by atoms with van der Waals surface area (Å²) < 4.78 is 14.0. The van der Waals surface area contributed by atoms with Gasteiger partial charge in [0.2, 0.25) is 6.71 Å². The molecule has 0 N–H and O–H groups in total. The van der Waals surface area contributed by atoms with Crippen molar-refractivity contribution in [2.45, 2.75) is 47.0 Å². The number of aryl methyl sites for hydroxylation is 4. The van der Waals surface area contributed by atoms with Gasteiger partial charge >= 0.3 is 21.1 Å². The molecule has 7 heteroatoms. The van der Waals surface area contributed by atoms with Crippen LogP contribution in [0.4, 0.5) is 0 Å². The Morgan fingerprint density at radius 3 is 1.78 bits per heavy atom. The average Bonchev–Trinajstić information content (AvgIpc) is 3.62. The number of aromatic nitrogens is 2. The van der Waals surface area contributed by atoms with Crippen LogP contribution < -0.4 is 37.5 Å². The fourth-order valence-corrected chi connectivity index (χ4v) is 9.95. The molecule has 0 fully saturated rings. The summed E-state index contributed by atoms with van der Waals surface area (Å²) in [7, 11) is 0. The number of rotatable bonds is 2. The predicted octanol–water partition coefficient (Wildman–Crippen LogP) is 8.32. The van der Waals surface area contributed by atoms with Gasteiger partial charge in [0.25, 0.3) is 0 Å². The monoisotopic (exact) mass is 953 g/mol. The van der Waals surface area contributed by atoms with Crippen molar-refractivity contribution in [1.29, 1.82) is 0 Å². The molecule has 2 aliphatic heterocycles. The first kappa shape index (κ1) is 38.3. The molecule has 0 saturated carbocycles. The number of ether oxygens (including phenoxy) is 1. The summed E-state index contributed by atoms with van der Waals surface area (Å²) >= 11 is 0. The molecule has 0 saturated heterocycles. The summed E-state index contributed by atoms with van der Waals surface area (Å²) in [4.78, 5) is 10.7. The van der Waals surface area contributed by atoms with E-state index in [1.54, 1.807) is 0 Å². The zero-order valence-electron chi connectivity index (χ0n) is 34.4. The van der Waals surface area contributed by atoms with E-state index in [0.29, 0.717) is 11.5 Å². The first-order chi connectivity index (χ1) is 28.7. The third kappa shape index (κ3) is 5.86. The summed E-state index contributed by atoms with van der Waals surface area (Å²) in [5.74, 6) is 1.23. The smallest absolute Gasteiger partial charge is 0.501 e. The number of pyridine rings is 2. The van der Waals surface area contributed by atoms with Gasteiger partial charge in [0, 0.05) is 33.7 Å². The number of nitrogens with zero attached hydrogens (tertiary/aromatic N) is 2. The van der Waals surface area contributed by atoms with Gasteiger partial charge < -0.3 is 19.1 Å². The van der Waals surface area contributed by atoms with E-state index in [9.17, 15) is 0 Å². The number of para-hydroxylation sites is 1. The summed E-state index contributed by atoms with van der Waals surface area (Å²) in [6.45, 7) is 13.1. The van der Waals surface area contributed by atoms with Crippen molar-refractivity contribution in [3.8, 4) is 34.0 Å². The van der Waals surface area contributed by atoms with Crippen molar-refractivity contribution in [2.75, 3.05) is 0 Å². The zero-order valence-corrected chi connectivity index (χ0v) is 36.7. The van der Waals surface area contributed by atoms with Crippen LogP contribution in [0.5, 0.6) is 11.5 Å². The van der Waals surface area contributed by atoms with Crippen molar-refractivity contribution in [2.24, 2.45) is 0 Å². The van der Waals surface area contributed by atoms with Crippen LogP contribution in [0.3, 0.4) is 0 Å². The van der Waals surface area contributed by atoms with Crippen LogP contribution >= 0.6 is 0 Å². The second-order valence-electron chi connectivity index (χ2n) is 16.9. The Balaban J connectivity index is 0.00000433. The molecule has 5 heterocycles. The Labute approximate surface area is 366 Å². The van der Waals surface area contributed by atoms with Gasteiger partial charge in [-0.1, -0.05) is 176 Å². The Bertz CT molecular complexity index is 3170. The predicted molar refractivity (Wildman–Crippen MR) is 244 cm³/mol. The molecule has 9 aromatic rings. The fraction of sp³-hybridized carbons (Fsp3) is 0.132. The van der Waals surface area contributed by atoms with Crippen molar-refractivity contribution in [3.63, 3.8) is 0 Å². The van der Waals surface area contributed by atoms with Crippen molar-refractivity contribution >= 4 is 68.1 Å². The minimum Gasteiger partial charge on any atom is -0.501 e. The molecular formula is C53H40B2N2O2Pt. The van der Waals surface area contributed by atoms with Gasteiger partial charge in [0.15, 0.2) is 6.71 Å². The quantitative estimate of drug-likeness (QED) is 0.129. The molecule has 4 nitrogen and oxygen atoms in total. The van der Waals surface area contributed by atoms with E-state index in [-0.39, 0.29) is 34.5 Å². The average molecular weight is 954 g/mol. The van der Waals surface area contributed by atoms with Crippen LogP contribution in [-0.4, -0.2) is 23.4 Å². The van der Waals surface area contributed by atoms with Gasteiger partial charge in [-0.3, -0.25) is 0 Å². The van der Waals surface area contributed by atoms with E-state index in [1.807, 2.05) is 18.2 Å². The van der Waals surface area contributed by atoms with Gasteiger partial charge in [0.1, 0.15) is 5.58 Å². The zero-order chi connectivity index (χ0) is 40.2. The van der Waals surface area contributed by atoms with E-state index in [0.717, 1.165) is 61.3 Å². The molecule has 8 bridgehead atoms. The van der Waals surface area contributed by atoms with E-state index < -0.39 is 5.41 Å². The summed E-state index contributed by atoms with van der Waals surface area (Å²) in [5, 5.41) is 1.96. The Kier molecular flexibility index (Phi) is 9.15. The van der Waals surface area contributed by atoms with Crippen LogP contribution in [0.2, 0.25) is 0 Å². The first-order valence-corrected chi connectivity index (χ1v) is 20.5. The number of hydrogen-bond acceptors (Lipinski definition) is 4. The SMILES string of the molecule is Cc1cccc(C)c1B1c2ccccc2B(c2c(C)cccc2C)c2c3[c-]c(cc21)-c1cccc(n1)C(C)(C)c1cccc(n1)-c1[c-]c(cc2c1oc1ccccc12)O3.[Pt+2]. The topological polar surface area (TPSA) is 48.2 Å². The van der Waals surface area contributed by atoms with E-state index >= 15 is 0 Å². The number of fused-ring (bicyclic) bond motifs is 17. The van der Waals surface area contributed by atoms with E-state index in [1.165, 1.54) is 49.6 Å². The van der Waals surface area contributed by atoms with Crippen LogP contribution in [0.25, 0.3) is 44.5 Å². The van der Waals surface area contributed by atoms with Crippen LogP contribution in [0, 0.1) is 39.8 Å². The molecule has 0 amide bonds. The summed E-state index contributed by atoms with van der Waals surface area (Å²) in [6.07, 6.45) is 0. The summed E-state index contributed by atoms with van der Waals surface area (Å²) in [5.41, 5.74) is 18.5. The molecule has 11 rings (SSSR count). The van der Waals surface area contributed by atoms with Gasteiger partial charge in [-0.2, -0.15) is 5.46 Å². The minimum atomic E-state index is -0.526. The van der Waals surface area contributed by atoms with E-state index in [4.69, 9.17) is 19.1 Å². The molecule has 0 spiro atoms. The van der Waals surface area contributed by atoms with Gasteiger partial charge in [0.05, 0.1) is 5.58 Å². The molecule has 0 atom stereocenters. The van der Waals surface area contributed by atoms with Crippen molar-refractivity contribution in [3.05, 3.63) is 179 Å². The molecule has 3 aromatic heterocycles. The Morgan fingerprint density at radius 1 is 0.533 bits per heavy atom. The molecular weight excluding hydrogens is 913 g/mol. The standard InChI is InChI=1S/C53H40B2N2O2.Pt/c1-31-15-11-16-32(2)49(31)54-40-20-8-9-21-41(40)55(50-33(3)17-12-18-34(50)4)51-42(54)27-35-28-46(51)58-36-29-38-37-19-7-10-24-45(37)59-52(38)39(30-36)44-23-14-26-48(57-44)53(5,6)47-25-13-22-43(35)56-47;/h7-27,29H,1-6H3;/q-2;+2. The van der Waals surface area contributed by atoms with Gasteiger partial charge in [-0.05, 0) is 71.1 Å². The molecule has 290 valence electrons. The Hall–Kier alpha value is -5.96. The summed E-state index contributed by atoms with van der Waals surface area (Å²) in [6, 6.07) is 55.0. The van der Waals surface area contributed by atoms with Crippen LogP contribution in [0.15, 0.2) is 138 Å². The molecule has 6 aromatic carbocycles. The normalized spacial score (nSPS) is 13.6. The minimum absolute atomic E-state index is 0. The van der Waals surface area contributed by atoms with E-state index in [2.05, 4.69) is 169 Å². The van der Waals surface area contributed by atoms with Crippen LogP contribution in [0.1, 0.15) is 47.5 Å². The van der Waals surface area contributed by atoms with Gasteiger partial charge in [-0.15, -0.1) is 17.1 Å². The molecule has 2 aliphatic rings. The third-order valence-electron chi connectivity index (χ3n) is 12.9. The fourth-order valence-electron chi connectivity index (χ4n) is 9.95. The van der Waals surface area contributed by atoms with Gasteiger partial charge in [-0.25, -0.2) is 0 Å². The number of furan rings is 1. The second kappa shape index (κ2) is 14.4. The molecule has 0 unspecified atom stereocenters. The maximum Gasteiger partial charge on any atom is 2.00 e. The molecule has 0 radical (unpaired) electrons. The molecule has 0 aliphatic carbocycles. The first-order valence-electron chi connectivity index (χ1n) is 20.5. The second-order valence-corrected chi connectivity index (χ2v) is 16.9. The number of benzene rings is 6. The van der Waals surface area contributed by atoms with Crippen molar-refractivity contribution < 1.29 is 30.2 Å². The van der Waals surface area contributed by atoms with Crippen LogP contribution in [-0.2, 0) is 26.5 Å².